The number of hydrogen-bond acceptors (Lipinski definition) is 4. The van der Waals surface area contributed by atoms with Gasteiger partial charge in [-0.05, 0) is 29.3 Å². The van der Waals surface area contributed by atoms with Gasteiger partial charge < -0.3 is 15.1 Å². The molecule has 2 heterocycles. The molecule has 1 unspecified atom stereocenters. The average molecular weight is 361 g/mol. The predicted octanol–water partition coefficient (Wildman–Crippen LogP) is 3.22. The van der Waals surface area contributed by atoms with Gasteiger partial charge in [0.2, 0.25) is 5.95 Å². The minimum Gasteiger partial charge on any atom is -0.337 e. The molecule has 1 atom stereocenters. The zero-order valence-corrected chi connectivity index (χ0v) is 15.4. The van der Waals surface area contributed by atoms with E-state index in [4.69, 9.17) is 0 Å². The number of amides is 2. The zero-order chi connectivity index (χ0) is 18.6. The van der Waals surface area contributed by atoms with Crippen LogP contribution in [0.3, 0.4) is 0 Å². The first-order valence-electron chi connectivity index (χ1n) is 9.27. The Morgan fingerprint density at radius 1 is 0.963 bits per heavy atom. The van der Waals surface area contributed by atoms with Gasteiger partial charge in [-0.15, -0.1) is 0 Å². The summed E-state index contributed by atoms with van der Waals surface area (Å²) in [4.78, 5) is 25.3. The van der Waals surface area contributed by atoms with Crippen LogP contribution in [0.15, 0.2) is 60.9 Å². The fourth-order valence-corrected chi connectivity index (χ4v) is 3.55. The van der Waals surface area contributed by atoms with Crippen LogP contribution in [-0.2, 0) is 0 Å². The van der Waals surface area contributed by atoms with E-state index in [9.17, 15) is 4.79 Å². The van der Waals surface area contributed by atoms with Gasteiger partial charge in [0.1, 0.15) is 0 Å². The summed E-state index contributed by atoms with van der Waals surface area (Å²) in [5.74, 6) is 0.724. The third kappa shape index (κ3) is 3.69. The largest absolute Gasteiger partial charge is 0.337 e. The molecule has 1 aliphatic rings. The Hall–Kier alpha value is -3.15. The second kappa shape index (κ2) is 7.61. The molecular formula is C21H23N5O. The second-order valence-corrected chi connectivity index (χ2v) is 6.76. The maximum atomic E-state index is 12.7. The monoisotopic (exact) mass is 361 g/mol. The van der Waals surface area contributed by atoms with E-state index in [1.54, 1.807) is 12.4 Å². The van der Waals surface area contributed by atoms with Crippen LogP contribution in [0.5, 0.6) is 0 Å². The molecule has 1 saturated heterocycles. The van der Waals surface area contributed by atoms with Crippen molar-refractivity contribution < 1.29 is 4.79 Å². The van der Waals surface area contributed by atoms with Crippen molar-refractivity contribution >= 4 is 22.8 Å². The van der Waals surface area contributed by atoms with Gasteiger partial charge in [0.25, 0.3) is 0 Å². The van der Waals surface area contributed by atoms with Crippen LogP contribution in [-0.4, -0.2) is 47.1 Å². The summed E-state index contributed by atoms with van der Waals surface area (Å²) in [5.41, 5.74) is 1.14. The van der Waals surface area contributed by atoms with Gasteiger partial charge in [-0.25, -0.2) is 14.8 Å². The molecule has 1 fully saturated rings. The van der Waals surface area contributed by atoms with Gasteiger partial charge in [-0.1, -0.05) is 42.5 Å². The lowest BCUT2D eigenvalue weighted by molar-refractivity contribution is 0.191. The van der Waals surface area contributed by atoms with Crippen LogP contribution >= 0.6 is 0 Å². The Bertz CT molecular complexity index is 917. The van der Waals surface area contributed by atoms with Crippen LogP contribution < -0.4 is 10.2 Å². The Kier molecular flexibility index (Phi) is 4.87. The molecule has 2 aromatic carbocycles. The summed E-state index contributed by atoms with van der Waals surface area (Å²) in [6.07, 6.45) is 3.49. The van der Waals surface area contributed by atoms with E-state index in [0.717, 1.165) is 24.6 Å². The number of aromatic nitrogens is 2. The number of nitrogens with zero attached hydrogens (tertiary/aromatic N) is 4. The van der Waals surface area contributed by atoms with E-state index in [2.05, 4.69) is 44.5 Å². The maximum absolute atomic E-state index is 12.7. The molecule has 0 saturated carbocycles. The number of hydrogen-bond donors (Lipinski definition) is 1. The SMILES string of the molecule is CC(NC(=O)N1CCN(c2ncccn2)CC1)c1cccc2ccccc12. The van der Waals surface area contributed by atoms with E-state index < -0.39 is 0 Å². The zero-order valence-electron chi connectivity index (χ0n) is 15.4. The Labute approximate surface area is 158 Å². The van der Waals surface area contributed by atoms with Crippen molar-refractivity contribution in [2.75, 3.05) is 31.1 Å². The maximum Gasteiger partial charge on any atom is 0.317 e. The van der Waals surface area contributed by atoms with E-state index in [-0.39, 0.29) is 12.1 Å². The quantitative estimate of drug-likeness (QED) is 0.778. The molecule has 0 radical (unpaired) electrons. The molecule has 2 amide bonds. The Balaban J connectivity index is 1.39. The lowest BCUT2D eigenvalue weighted by Gasteiger charge is -2.35. The molecule has 0 bridgehead atoms. The highest BCUT2D eigenvalue weighted by atomic mass is 16.2. The predicted molar refractivity (Wildman–Crippen MR) is 107 cm³/mol. The van der Waals surface area contributed by atoms with Crippen molar-refractivity contribution in [2.45, 2.75) is 13.0 Å². The van der Waals surface area contributed by atoms with Crippen LogP contribution in [0, 0.1) is 0 Å². The van der Waals surface area contributed by atoms with Crippen molar-refractivity contribution in [1.82, 2.24) is 20.2 Å². The molecule has 1 N–H and O–H groups in total. The summed E-state index contributed by atoms with van der Waals surface area (Å²) in [6.45, 7) is 4.83. The standard InChI is InChI=1S/C21H23N5O/c1-16(18-9-4-7-17-6-2-3-8-19(17)18)24-21(27)26-14-12-25(13-15-26)20-22-10-5-11-23-20/h2-11,16H,12-15H2,1H3,(H,24,27). The topological polar surface area (TPSA) is 61.4 Å². The Morgan fingerprint density at radius 3 is 2.44 bits per heavy atom. The fraction of sp³-hybridized carbons (Fsp3) is 0.286. The van der Waals surface area contributed by atoms with E-state index in [1.807, 2.05) is 36.1 Å². The molecular weight excluding hydrogens is 338 g/mol. The van der Waals surface area contributed by atoms with Gasteiger partial charge >= 0.3 is 6.03 Å². The first-order chi connectivity index (χ1) is 13.2. The van der Waals surface area contributed by atoms with Gasteiger partial charge in [0.15, 0.2) is 0 Å². The highest BCUT2D eigenvalue weighted by molar-refractivity contribution is 5.86. The number of nitrogens with one attached hydrogen (secondary N) is 1. The summed E-state index contributed by atoms with van der Waals surface area (Å²) in [5, 5.41) is 5.52. The third-order valence-electron chi connectivity index (χ3n) is 5.03. The van der Waals surface area contributed by atoms with Gasteiger partial charge in [0.05, 0.1) is 6.04 Å². The smallest absolute Gasteiger partial charge is 0.317 e. The molecule has 138 valence electrons. The molecule has 6 nitrogen and oxygen atoms in total. The van der Waals surface area contributed by atoms with Crippen LogP contribution in [0.4, 0.5) is 10.7 Å². The molecule has 1 aromatic heterocycles. The average Bonchev–Trinajstić information content (AvgIpc) is 2.74. The molecule has 4 rings (SSSR count). The van der Waals surface area contributed by atoms with Gasteiger partial charge in [-0.3, -0.25) is 0 Å². The number of anilines is 1. The van der Waals surface area contributed by atoms with Crippen LogP contribution in [0.25, 0.3) is 10.8 Å². The summed E-state index contributed by atoms with van der Waals surface area (Å²) in [7, 11) is 0. The molecule has 1 aliphatic heterocycles. The first-order valence-corrected chi connectivity index (χ1v) is 9.27. The number of rotatable bonds is 3. The van der Waals surface area contributed by atoms with Crippen molar-refractivity contribution in [3.05, 3.63) is 66.5 Å². The lowest BCUT2D eigenvalue weighted by atomic mass is 10.00. The first kappa shape index (κ1) is 17.3. The van der Waals surface area contributed by atoms with Crippen molar-refractivity contribution in [2.24, 2.45) is 0 Å². The summed E-state index contributed by atoms with van der Waals surface area (Å²) >= 11 is 0. The van der Waals surface area contributed by atoms with Gasteiger partial charge in [0, 0.05) is 38.6 Å². The second-order valence-electron chi connectivity index (χ2n) is 6.76. The molecule has 27 heavy (non-hydrogen) atoms. The van der Waals surface area contributed by atoms with E-state index >= 15 is 0 Å². The number of piperazine rings is 1. The minimum atomic E-state index is -0.0564. The number of carbonyl (C=O) groups is 1. The van der Waals surface area contributed by atoms with Crippen molar-refractivity contribution in [1.29, 1.82) is 0 Å². The Morgan fingerprint density at radius 2 is 1.67 bits per heavy atom. The minimum absolute atomic E-state index is 0.0240. The molecule has 6 heteroatoms. The summed E-state index contributed by atoms with van der Waals surface area (Å²) in [6, 6.07) is 16.2. The van der Waals surface area contributed by atoms with Gasteiger partial charge in [-0.2, -0.15) is 0 Å². The third-order valence-corrected chi connectivity index (χ3v) is 5.03. The lowest BCUT2D eigenvalue weighted by Crippen LogP contribution is -2.52. The van der Waals surface area contributed by atoms with Crippen molar-refractivity contribution in [3.63, 3.8) is 0 Å². The van der Waals surface area contributed by atoms with Crippen LogP contribution in [0.2, 0.25) is 0 Å². The number of carbonyl (C=O) groups excluding carboxylic acids is 1. The fourth-order valence-electron chi connectivity index (χ4n) is 3.55. The normalized spacial score (nSPS) is 15.6. The summed E-state index contributed by atoms with van der Waals surface area (Å²) < 4.78 is 0. The number of benzene rings is 2. The highest BCUT2D eigenvalue weighted by Crippen LogP contribution is 2.24. The molecule has 3 aromatic rings. The molecule has 0 aliphatic carbocycles. The number of urea groups is 1. The number of fused-ring (bicyclic) bond motifs is 1. The van der Waals surface area contributed by atoms with E-state index in [0.29, 0.717) is 13.1 Å². The van der Waals surface area contributed by atoms with Crippen LogP contribution in [0.1, 0.15) is 18.5 Å². The van der Waals surface area contributed by atoms with Crippen molar-refractivity contribution in [3.8, 4) is 0 Å². The van der Waals surface area contributed by atoms with E-state index in [1.165, 1.54) is 10.8 Å². The highest BCUT2D eigenvalue weighted by Gasteiger charge is 2.23. The molecule has 0 spiro atoms.